The number of nitrogens with one attached hydrogen (secondary N) is 2. The summed E-state index contributed by atoms with van der Waals surface area (Å²) in [6.45, 7) is 5.72. The number of nitrogens with zero attached hydrogens (tertiary/aromatic N) is 3. The van der Waals surface area contributed by atoms with E-state index in [9.17, 15) is 19.2 Å². The third-order valence-electron chi connectivity index (χ3n) is 8.01. The molecule has 0 aliphatic carbocycles. The number of hydrogen-bond donors (Lipinski definition) is 2. The first-order valence-corrected chi connectivity index (χ1v) is 12.8. The van der Waals surface area contributed by atoms with Crippen molar-refractivity contribution in [3.05, 3.63) is 29.6 Å². The van der Waals surface area contributed by atoms with Crippen LogP contribution in [0.25, 0.3) is 0 Å². The van der Waals surface area contributed by atoms with Crippen molar-refractivity contribution < 1.29 is 19.2 Å². The van der Waals surface area contributed by atoms with Gasteiger partial charge in [0.25, 0.3) is 5.91 Å². The van der Waals surface area contributed by atoms with E-state index in [0.717, 1.165) is 37.8 Å². The Labute approximate surface area is 207 Å². The lowest BCUT2D eigenvalue weighted by Gasteiger charge is -2.42. The first kappa shape index (κ1) is 25.1. The van der Waals surface area contributed by atoms with Gasteiger partial charge >= 0.3 is 0 Å². The molecule has 4 heterocycles. The van der Waals surface area contributed by atoms with Gasteiger partial charge in [0.1, 0.15) is 5.69 Å². The molecule has 1 spiro atoms. The summed E-state index contributed by atoms with van der Waals surface area (Å²) < 4.78 is 0. The van der Waals surface area contributed by atoms with Crippen LogP contribution in [0.4, 0.5) is 0 Å². The zero-order valence-corrected chi connectivity index (χ0v) is 20.8. The first-order valence-electron chi connectivity index (χ1n) is 12.8. The van der Waals surface area contributed by atoms with Gasteiger partial charge in [0, 0.05) is 44.8 Å². The molecule has 1 aromatic heterocycles. The molecule has 3 saturated heterocycles. The minimum atomic E-state index is -0.576. The summed E-state index contributed by atoms with van der Waals surface area (Å²) in [6.07, 6.45) is 5.37. The predicted molar refractivity (Wildman–Crippen MR) is 130 cm³/mol. The normalized spacial score (nSPS) is 25.5. The van der Waals surface area contributed by atoms with Gasteiger partial charge in [-0.2, -0.15) is 0 Å². The second-order valence-corrected chi connectivity index (χ2v) is 10.4. The number of piperidine rings is 2. The van der Waals surface area contributed by atoms with Crippen molar-refractivity contribution in [1.82, 2.24) is 25.4 Å². The summed E-state index contributed by atoms with van der Waals surface area (Å²) in [7, 11) is 0. The summed E-state index contributed by atoms with van der Waals surface area (Å²) >= 11 is 0. The number of aryl methyl sites for hydroxylation is 1. The van der Waals surface area contributed by atoms with Crippen LogP contribution in [0.5, 0.6) is 0 Å². The Morgan fingerprint density at radius 1 is 1.03 bits per heavy atom. The van der Waals surface area contributed by atoms with Crippen LogP contribution in [-0.4, -0.2) is 77.2 Å². The molecule has 4 amide bonds. The molecule has 190 valence electrons. The SMILES string of the molecule is CC(=O)N1CC[C@H]2NC(=O)CNC(=O)C3(CCCC[C@H]2C1)CCN(C(=O)c1cccc(C)n1)CC3. The predicted octanol–water partition coefficient (Wildman–Crippen LogP) is 1.66. The maximum atomic E-state index is 13.3. The van der Waals surface area contributed by atoms with E-state index in [-0.39, 0.29) is 42.1 Å². The third kappa shape index (κ3) is 5.82. The molecule has 9 nitrogen and oxygen atoms in total. The highest BCUT2D eigenvalue weighted by Gasteiger charge is 2.42. The van der Waals surface area contributed by atoms with Crippen LogP contribution in [0, 0.1) is 18.3 Å². The van der Waals surface area contributed by atoms with Crippen LogP contribution in [0.2, 0.25) is 0 Å². The highest BCUT2D eigenvalue weighted by molar-refractivity contribution is 5.93. The number of carbonyl (C=O) groups is 4. The second-order valence-electron chi connectivity index (χ2n) is 10.4. The number of rotatable bonds is 1. The van der Waals surface area contributed by atoms with Crippen LogP contribution in [-0.2, 0) is 14.4 Å². The fraction of sp³-hybridized carbons (Fsp3) is 0.654. The van der Waals surface area contributed by atoms with Crippen molar-refractivity contribution in [2.45, 2.75) is 64.8 Å². The largest absolute Gasteiger partial charge is 0.351 e. The molecule has 3 aliphatic heterocycles. The molecule has 35 heavy (non-hydrogen) atoms. The molecule has 4 rings (SSSR count). The number of carbonyl (C=O) groups excluding carboxylic acids is 4. The van der Waals surface area contributed by atoms with Gasteiger partial charge in [0.2, 0.25) is 17.7 Å². The van der Waals surface area contributed by atoms with Crippen LogP contribution in [0.15, 0.2) is 18.2 Å². The number of likely N-dealkylation sites (tertiary alicyclic amines) is 2. The average Bonchev–Trinajstić information content (AvgIpc) is 2.85. The summed E-state index contributed by atoms with van der Waals surface area (Å²) in [5.41, 5.74) is 0.656. The van der Waals surface area contributed by atoms with Crippen LogP contribution < -0.4 is 10.6 Å². The van der Waals surface area contributed by atoms with Gasteiger partial charge in [-0.05, 0) is 57.1 Å². The standard InChI is InChI=1S/C26H37N5O4/c1-18-6-5-8-22(28-18)24(34)30-14-11-26(12-15-30)10-4-3-7-20-17-31(19(2)32)13-9-21(20)29-23(33)16-27-25(26)35/h5-6,8,20-21H,3-4,7,9-17H2,1-2H3,(H,27,35)(H,29,33)/t20-,21+/m0/s1. The minimum Gasteiger partial charge on any atom is -0.351 e. The van der Waals surface area contributed by atoms with E-state index in [0.29, 0.717) is 44.7 Å². The van der Waals surface area contributed by atoms with Gasteiger partial charge < -0.3 is 20.4 Å². The lowest BCUT2D eigenvalue weighted by atomic mass is 9.73. The molecule has 3 aliphatic rings. The molecular weight excluding hydrogens is 446 g/mol. The van der Waals surface area contributed by atoms with E-state index in [2.05, 4.69) is 15.6 Å². The Morgan fingerprint density at radius 2 is 1.80 bits per heavy atom. The van der Waals surface area contributed by atoms with Crippen LogP contribution in [0.3, 0.4) is 0 Å². The van der Waals surface area contributed by atoms with Gasteiger partial charge in [-0.1, -0.05) is 18.9 Å². The topological polar surface area (TPSA) is 112 Å². The Kier molecular flexibility index (Phi) is 7.72. The summed E-state index contributed by atoms with van der Waals surface area (Å²) in [6, 6.07) is 5.46. The molecule has 0 unspecified atom stereocenters. The second kappa shape index (κ2) is 10.7. The van der Waals surface area contributed by atoms with E-state index < -0.39 is 5.41 Å². The molecular formula is C26H37N5O4. The molecule has 3 fully saturated rings. The van der Waals surface area contributed by atoms with E-state index in [1.807, 2.05) is 24.0 Å². The van der Waals surface area contributed by atoms with Gasteiger partial charge in [0.05, 0.1) is 12.0 Å². The Hall–Kier alpha value is -2.97. The molecule has 1 aromatic rings. The smallest absolute Gasteiger partial charge is 0.272 e. The van der Waals surface area contributed by atoms with Gasteiger partial charge in [-0.25, -0.2) is 4.98 Å². The highest BCUT2D eigenvalue weighted by Crippen LogP contribution is 2.38. The summed E-state index contributed by atoms with van der Waals surface area (Å²) in [5, 5.41) is 5.99. The Bertz CT molecular complexity index is 972. The molecule has 2 atom stereocenters. The lowest BCUT2D eigenvalue weighted by Crippen LogP contribution is -2.55. The monoisotopic (exact) mass is 483 g/mol. The maximum Gasteiger partial charge on any atom is 0.272 e. The van der Waals surface area contributed by atoms with Crippen molar-refractivity contribution in [2.75, 3.05) is 32.7 Å². The fourth-order valence-corrected chi connectivity index (χ4v) is 5.83. The van der Waals surface area contributed by atoms with Crippen molar-refractivity contribution in [3.8, 4) is 0 Å². The maximum absolute atomic E-state index is 13.3. The van der Waals surface area contributed by atoms with E-state index in [1.165, 1.54) is 0 Å². The number of pyridine rings is 1. The third-order valence-corrected chi connectivity index (χ3v) is 8.01. The molecule has 9 heteroatoms. The first-order chi connectivity index (χ1) is 16.8. The van der Waals surface area contributed by atoms with Crippen molar-refractivity contribution in [2.24, 2.45) is 11.3 Å². The number of fused-ring (bicyclic) bond motifs is 1. The summed E-state index contributed by atoms with van der Waals surface area (Å²) in [4.78, 5) is 58.8. The van der Waals surface area contributed by atoms with Crippen molar-refractivity contribution >= 4 is 23.6 Å². The molecule has 0 aromatic carbocycles. The van der Waals surface area contributed by atoms with E-state index in [4.69, 9.17) is 0 Å². The van der Waals surface area contributed by atoms with Crippen LogP contribution in [0.1, 0.15) is 68.1 Å². The van der Waals surface area contributed by atoms with Gasteiger partial charge in [-0.3, -0.25) is 19.2 Å². The minimum absolute atomic E-state index is 0.0351. The van der Waals surface area contributed by atoms with Gasteiger partial charge in [-0.15, -0.1) is 0 Å². The Morgan fingerprint density at radius 3 is 2.51 bits per heavy atom. The lowest BCUT2D eigenvalue weighted by molar-refractivity contribution is -0.137. The highest BCUT2D eigenvalue weighted by atomic mass is 16.2. The fourth-order valence-electron chi connectivity index (χ4n) is 5.83. The number of aromatic nitrogens is 1. The van der Waals surface area contributed by atoms with Crippen molar-refractivity contribution in [1.29, 1.82) is 0 Å². The van der Waals surface area contributed by atoms with E-state index in [1.54, 1.807) is 17.9 Å². The molecule has 0 radical (unpaired) electrons. The van der Waals surface area contributed by atoms with Gasteiger partial charge in [0.15, 0.2) is 0 Å². The quantitative estimate of drug-likeness (QED) is 0.631. The zero-order chi connectivity index (χ0) is 25.0. The molecule has 0 saturated carbocycles. The summed E-state index contributed by atoms with van der Waals surface area (Å²) in [5.74, 6) is -0.0662. The molecule has 0 bridgehead atoms. The van der Waals surface area contributed by atoms with E-state index >= 15 is 0 Å². The van der Waals surface area contributed by atoms with Crippen LogP contribution >= 0.6 is 0 Å². The number of amides is 4. The molecule has 2 N–H and O–H groups in total. The zero-order valence-electron chi connectivity index (χ0n) is 20.8. The Balaban J connectivity index is 1.41. The number of hydrogen-bond acceptors (Lipinski definition) is 5. The van der Waals surface area contributed by atoms with Crippen molar-refractivity contribution in [3.63, 3.8) is 0 Å². The average molecular weight is 484 g/mol.